The van der Waals surface area contributed by atoms with Crippen molar-refractivity contribution in [1.82, 2.24) is 0 Å². The Labute approximate surface area is 139 Å². The molecule has 23 heavy (non-hydrogen) atoms. The largest absolute Gasteiger partial charge is 0.500 e. The van der Waals surface area contributed by atoms with Crippen molar-refractivity contribution in [3.63, 3.8) is 0 Å². The summed E-state index contributed by atoms with van der Waals surface area (Å²) < 4.78 is 50.3. The van der Waals surface area contributed by atoms with E-state index in [0.29, 0.717) is 0 Å². The highest BCUT2D eigenvalue weighted by molar-refractivity contribution is 9.10. The first kappa shape index (κ1) is 19.2. The van der Waals surface area contributed by atoms with Crippen molar-refractivity contribution in [2.75, 3.05) is 13.2 Å². The van der Waals surface area contributed by atoms with E-state index in [4.69, 9.17) is 9.47 Å². The summed E-state index contributed by atoms with van der Waals surface area (Å²) in [5, 5.41) is 0. The average molecular weight is 395 g/mol. The van der Waals surface area contributed by atoms with Gasteiger partial charge in [0.1, 0.15) is 17.7 Å². The third kappa shape index (κ3) is 3.93. The number of carbonyl (C=O) groups excluding carboxylic acids is 2. The van der Waals surface area contributed by atoms with Gasteiger partial charge < -0.3 is 9.47 Å². The molecule has 4 nitrogen and oxygen atoms in total. The number of hydrogen-bond acceptors (Lipinski definition) is 4. The summed E-state index contributed by atoms with van der Waals surface area (Å²) >= 11 is 2.65. The molecule has 0 N–H and O–H groups in total. The summed E-state index contributed by atoms with van der Waals surface area (Å²) in [6, 6.07) is 0. The zero-order valence-electron chi connectivity index (χ0n) is 12.6. The summed E-state index contributed by atoms with van der Waals surface area (Å²) in [6.07, 6.45) is 0.808. The first-order valence-electron chi connectivity index (χ1n) is 6.63. The van der Waals surface area contributed by atoms with Crippen molar-refractivity contribution in [3.05, 3.63) is 44.9 Å². The molecule has 0 atom stereocenters. The summed E-state index contributed by atoms with van der Waals surface area (Å²) in [6.45, 7) is 4.20. The first-order valence-corrected chi connectivity index (χ1v) is 7.43. The summed E-state index contributed by atoms with van der Waals surface area (Å²) in [4.78, 5) is 24.2. The number of rotatable bonds is 6. The Balaban J connectivity index is 3.49. The van der Waals surface area contributed by atoms with Crippen molar-refractivity contribution >= 4 is 27.7 Å². The van der Waals surface area contributed by atoms with Crippen molar-refractivity contribution in [3.8, 4) is 0 Å². The lowest BCUT2D eigenvalue weighted by atomic mass is 10.0. The minimum Gasteiger partial charge on any atom is -0.500 e. The molecular formula is C15H14BrF3O4. The van der Waals surface area contributed by atoms with E-state index < -0.39 is 50.4 Å². The predicted octanol–water partition coefficient (Wildman–Crippen LogP) is 3.84. The molecule has 0 aliphatic carbocycles. The van der Waals surface area contributed by atoms with Crippen molar-refractivity contribution in [1.29, 1.82) is 0 Å². The maximum atomic E-state index is 14.2. The van der Waals surface area contributed by atoms with E-state index in [2.05, 4.69) is 15.9 Å². The molecule has 0 heterocycles. The van der Waals surface area contributed by atoms with Crippen LogP contribution in [0.1, 0.15) is 29.8 Å². The highest BCUT2D eigenvalue weighted by atomic mass is 79.9. The zero-order valence-corrected chi connectivity index (χ0v) is 14.2. The molecule has 0 spiro atoms. The van der Waals surface area contributed by atoms with Crippen molar-refractivity contribution in [2.24, 2.45) is 0 Å². The lowest BCUT2D eigenvalue weighted by Crippen LogP contribution is -2.19. The summed E-state index contributed by atoms with van der Waals surface area (Å²) in [7, 11) is 0. The number of carbonyl (C=O) groups is 2. The van der Waals surface area contributed by atoms with Gasteiger partial charge in [-0.3, -0.25) is 4.79 Å². The van der Waals surface area contributed by atoms with Gasteiger partial charge in [-0.2, -0.15) is 0 Å². The second-order valence-corrected chi connectivity index (χ2v) is 5.09. The molecule has 0 aromatic heterocycles. The molecule has 0 amide bonds. The Morgan fingerprint density at radius 3 is 2.22 bits per heavy atom. The van der Waals surface area contributed by atoms with E-state index in [-0.39, 0.29) is 13.2 Å². The fraction of sp³-hybridized carbons (Fsp3) is 0.333. The van der Waals surface area contributed by atoms with Gasteiger partial charge in [0, 0.05) is 5.56 Å². The van der Waals surface area contributed by atoms with Crippen LogP contribution in [0.4, 0.5) is 13.2 Å². The van der Waals surface area contributed by atoms with E-state index in [1.165, 1.54) is 6.92 Å². The molecule has 0 radical (unpaired) electrons. The van der Waals surface area contributed by atoms with Crippen LogP contribution in [0.5, 0.6) is 0 Å². The Hall–Kier alpha value is -1.83. The molecule has 0 bridgehead atoms. The number of benzene rings is 1. The van der Waals surface area contributed by atoms with Crippen molar-refractivity contribution in [2.45, 2.75) is 20.8 Å². The van der Waals surface area contributed by atoms with Crippen LogP contribution >= 0.6 is 15.9 Å². The van der Waals surface area contributed by atoms with E-state index in [9.17, 15) is 22.8 Å². The maximum absolute atomic E-state index is 14.2. The van der Waals surface area contributed by atoms with Gasteiger partial charge in [0.2, 0.25) is 5.78 Å². The molecule has 0 unspecified atom stereocenters. The van der Waals surface area contributed by atoms with E-state index >= 15 is 0 Å². The lowest BCUT2D eigenvalue weighted by molar-refractivity contribution is -0.138. The van der Waals surface area contributed by atoms with Gasteiger partial charge in [-0.15, -0.1) is 0 Å². The van der Waals surface area contributed by atoms with Crippen molar-refractivity contribution < 1.29 is 32.2 Å². The fourth-order valence-electron chi connectivity index (χ4n) is 1.65. The quantitative estimate of drug-likeness (QED) is 0.107. The molecular weight excluding hydrogens is 381 g/mol. The SMILES string of the molecule is CCOC=C(C(=O)OCC)C(=O)c1c(F)c(C)c(F)c(F)c1Br. The van der Waals surface area contributed by atoms with Gasteiger partial charge in [0.05, 0.1) is 23.2 Å². The van der Waals surface area contributed by atoms with Gasteiger partial charge >= 0.3 is 5.97 Å². The minimum atomic E-state index is -1.42. The van der Waals surface area contributed by atoms with E-state index in [1.54, 1.807) is 6.92 Å². The van der Waals surface area contributed by atoms with Crippen LogP contribution in [0.15, 0.2) is 16.3 Å². The van der Waals surface area contributed by atoms with Crippen LogP contribution in [0.25, 0.3) is 0 Å². The Morgan fingerprint density at radius 2 is 1.70 bits per heavy atom. The molecule has 0 saturated carbocycles. The minimum absolute atomic E-state index is 0.0317. The predicted molar refractivity (Wildman–Crippen MR) is 79.4 cm³/mol. The van der Waals surface area contributed by atoms with Gasteiger partial charge in [0.25, 0.3) is 0 Å². The van der Waals surface area contributed by atoms with Gasteiger partial charge in [0.15, 0.2) is 11.6 Å². The third-order valence-corrected chi connectivity index (χ3v) is 3.56. The third-order valence-electron chi connectivity index (χ3n) is 2.82. The second kappa shape index (κ2) is 8.14. The highest BCUT2D eigenvalue weighted by Gasteiger charge is 2.31. The molecule has 1 aromatic carbocycles. The smallest absolute Gasteiger partial charge is 0.345 e. The molecule has 126 valence electrons. The Bertz CT molecular complexity index is 642. The molecule has 0 fully saturated rings. The van der Waals surface area contributed by atoms with Crippen LogP contribution in [-0.4, -0.2) is 25.0 Å². The number of esters is 1. The van der Waals surface area contributed by atoms with Gasteiger partial charge in [-0.25, -0.2) is 18.0 Å². The molecule has 1 aromatic rings. The number of ketones is 1. The molecule has 0 aliphatic heterocycles. The van der Waals surface area contributed by atoms with Gasteiger partial charge in [-0.05, 0) is 36.7 Å². The summed E-state index contributed by atoms with van der Waals surface area (Å²) in [5.74, 6) is -6.35. The van der Waals surface area contributed by atoms with Crippen LogP contribution < -0.4 is 0 Å². The number of ether oxygens (including phenoxy) is 2. The monoisotopic (exact) mass is 394 g/mol. The zero-order chi connectivity index (χ0) is 17.7. The fourth-order valence-corrected chi connectivity index (χ4v) is 2.18. The topological polar surface area (TPSA) is 52.6 Å². The normalized spacial score (nSPS) is 11.3. The molecule has 1 rings (SSSR count). The number of hydrogen-bond donors (Lipinski definition) is 0. The second-order valence-electron chi connectivity index (χ2n) is 4.29. The summed E-state index contributed by atoms with van der Waals surface area (Å²) in [5.41, 5.74) is -2.10. The standard InChI is InChI=1S/C15H14BrF3O4/c1-4-22-6-8(15(21)23-5-2)14(20)9-10(16)13(19)12(18)7(3)11(9)17/h6H,4-5H2,1-3H3. The van der Waals surface area contributed by atoms with E-state index in [0.717, 1.165) is 13.2 Å². The Morgan fingerprint density at radius 1 is 1.09 bits per heavy atom. The highest BCUT2D eigenvalue weighted by Crippen LogP contribution is 2.31. The molecule has 0 aliphatic rings. The van der Waals surface area contributed by atoms with Crippen LogP contribution in [0.3, 0.4) is 0 Å². The molecule has 0 saturated heterocycles. The van der Waals surface area contributed by atoms with E-state index in [1.807, 2.05) is 0 Å². The molecule has 8 heteroatoms. The van der Waals surface area contributed by atoms with Crippen LogP contribution in [0, 0.1) is 24.4 Å². The first-order chi connectivity index (χ1) is 10.8. The van der Waals surface area contributed by atoms with Gasteiger partial charge in [-0.1, -0.05) is 0 Å². The van der Waals surface area contributed by atoms with Crippen LogP contribution in [-0.2, 0) is 14.3 Å². The average Bonchev–Trinajstić information content (AvgIpc) is 2.52. The number of Topliss-reactive ketones (excluding diaryl/α,β-unsaturated/α-hetero) is 1. The Kier molecular flexibility index (Phi) is 6.80. The lowest BCUT2D eigenvalue weighted by Gasteiger charge is -2.12. The number of halogens is 4. The van der Waals surface area contributed by atoms with Crippen LogP contribution in [0.2, 0.25) is 0 Å². The maximum Gasteiger partial charge on any atom is 0.345 e.